The van der Waals surface area contributed by atoms with Crippen molar-refractivity contribution in [3.63, 3.8) is 0 Å². The summed E-state index contributed by atoms with van der Waals surface area (Å²) in [7, 11) is 0. The van der Waals surface area contributed by atoms with Crippen molar-refractivity contribution in [1.82, 2.24) is 4.57 Å². The first-order valence-electron chi connectivity index (χ1n) is 12.3. The maximum Gasteiger partial charge on any atom is 0.194 e. The summed E-state index contributed by atoms with van der Waals surface area (Å²) in [5, 5.41) is 8.33. The van der Waals surface area contributed by atoms with Gasteiger partial charge in [0.2, 0.25) is 0 Å². The number of aldehydes is 2. The van der Waals surface area contributed by atoms with Gasteiger partial charge in [0.15, 0.2) is 35.6 Å². The van der Waals surface area contributed by atoms with Crippen LogP contribution in [0.15, 0.2) is 132 Å². The van der Waals surface area contributed by atoms with Crippen LogP contribution in [-0.2, 0) is 13.2 Å². The lowest BCUT2D eigenvalue weighted by Crippen LogP contribution is -1.93. The Morgan fingerprint density at radius 1 is 0.732 bits per heavy atom. The third kappa shape index (κ3) is 13.3. The maximum atomic E-state index is 10.4. The van der Waals surface area contributed by atoms with Crippen molar-refractivity contribution >= 4 is 18.4 Å². The quantitative estimate of drug-likeness (QED) is 0.170. The van der Waals surface area contributed by atoms with Gasteiger partial charge in [-0.25, -0.2) is 0 Å². The zero-order valence-corrected chi connectivity index (χ0v) is 22.6. The largest absolute Gasteiger partial charge is 0.467 e. The lowest BCUT2D eigenvalue weighted by molar-refractivity contribution is 0.0986. The summed E-state index contributed by atoms with van der Waals surface area (Å²) < 4.78 is 26.2. The second kappa shape index (κ2) is 18.8. The van der Waals surface area contributed by atoms with Gasteiger partial charge in [0, 0.05) is 19.3 Å². The van der Waals surface area contributed by atoms with E-state index in [1.807, 2.05) is 36.7 Å². The number of Topliss-reactive ketones (excluding diaryl/α,β-unsaturated/α-hetero) is 1. The first-order valence-corrected chi connectivity index (χ1v) is 12.3. The van der Waals surface area contributed by atoms with Crippen LogP contribution in [0.5, 0.6) is 0 Å². The average molecular weight is 562 g/mol. The zero-order chi connectivity index (χ0) is 29.7. The SMILES string of the molecule is CC(=O)c1ccco1.Cc1ccc(C=O)o1.O=Cc1ccco1.OCc1ccco1.c1coc(Cn2cccc2)c1. The molecule has 6 aromatic heterocycles. The zero-order valence-electron chi connectivity index (χ0n) is 22.6. The summed E-state index contributed by atoms with van der Waals surface area (Å²) in [6, 6.07) is 21.3. The topological polar surface area (TPSA) is 142 Å². The average Bonchev–Trinajstić information content (AvgIpc) is 3.83. The summed E-state index contributed by atoms with van der Waals surface area (Å²) in [4.78, 5) is 30.1. The summed E-state index contributed by atoms with van der Waals surface area (Å²) >= 11 is 0. The van der Waals surface area contributed by atoms with E-state index in [1.54, 1.807) is 61.7 Å². The first-order chi connectivity index (χ1) is 19.9. The highest BCUT2D eigenvalue weighted by molar-refractivity contribution is 5.91. The molecule has 0 unspecified atom stereocenters. The number of aromatic nitrogens is 1. The number of carbonyl (C=O) groups excluding carboxylic acids is 3. The van der Waals surface area contributed by atoms with E-state index in [0.29, 0.717) is 35.6 Å². The van der Waals surface area contributed by atoms with Gasteiger partial charge in [0.25, 0.3) is 0 Å². The second-order valence-corrected chi connectivity index (χ2v) is 7.91. The molecule has 0 aliphatic rings. The van der Waals surface area contributed by atoms with E-state index >= 15 is 0 Å². The Balaban J connectivity index is 0.000000182. The van der Waals surface area contributed by atoms with E-state index in [9.17, 15) is 14.4 Å². The van der Waals surface area contributed by atoms with Crippen molar-refractivity contribution in [1.29, 1.82) is 0 Å². The fraction of sp³-hybridized carbons (Fsp3) is 0.129. The predicted octanol–water partition coefficient (Wildman–Crippen LogP) is 6.88. The van der Waals surface area contributed by atoms with E-state index in [2.05, 4.69) is 8.98 Å². The molecule has 0 aliphatic carbocycles. The van der Waals surface area contributed by atoms with Crippen LogP contribution in [0.3, 0.4) is 0 Å². The van der Waals surface area contributed by atoms with Crippen molar-refractivity contribution in [3.05, 3.63) is 145 Å². The molecule has 0 atom stereocenters. The van der Waals surface area contributed by atoms with Crippen LogP contribution in [0.25, 0.3) is 0 Å². The summed E-state index contributed by atoms with van der Waals surface area (Å²) in [6.45, 7) is 4.08. The molecule has 0 bridgehead atoms. The van der Waals surface area contributed by atoms with Crippen LogP contribution >= 0.6 is 0 Å². The molecule has 6 aromatic rings. The summed E-state index contributed by atoms with van der Waals surface area (Å²) in [5.41, 5.74) is 0. The van der Waals surface area contributed by atoms with Gasteiger partial charge < -0.3 is 31.8 Å². The van der Waals surface area contributed by atoms with Crippen LogP contribution in [-0.4, -0.2) is 28.0 Å². The number of ketones is 1. The van der Waals surface area contributed by atoms with Gasteiger partial charge in [0.05, 0.1) is 31.6 Å². The number of nitrogens with zero attached hydrogens (tertiary/aromatic N) is 1. The summed E-state index contributed by atoms with van der Waals surface area (Å²) in [6.07, 6.45) is 11.6. The molecule has 6 rings (SSSR count). The highest BCUT2D eigenvalue weighted by Crippen LogP contribution is 2.03. The van der Waals surface area contributed by atoms with Crippen LogP contribution in [0, 0.1) is 6.92 Å². The Kier molecular flexibility index (Phi) is 14.6. The lowest BCUT2D eigenvalue weighted by atomic mass is 10.3. The van der Waals surface area contributed by atoms with E-state index in [1.165, 1.54) is 25.7 Å². The van der Waals surface area contributed by atoms with Crippen LogP contribution in [0.1, 0.15) is 55.9 Å². The standard InChI is InChI=1S/C9H9NO.2C6H6O2.C5H6O2.C5H4O2/c1-2-6-10(5-1)8-9-4-3-7-11-9;1-5-2-3-6(4-7)8-5;1-5(7)6-3-2-4-8-6;2*6-4-5-2-1-3-7-5/h1-7H,8H2;2*2-4H,1H3;1-3,6H,4H2;1-4H. The van der Waals surface area contributed by atoms with Gasteiger partial charge in [-0.3, -0.25) is 14.4 Å². The second-order valence-electron chi connectivity index (χ2n) is 7.91. The highest BCUT2D eigenvalue weighted by Gasteiger charge is 1.98. The Hall–Kier alpha value is -5.35. The maximum absolute atomic E-state index is 10.4. The van der Waals surface area contributed by atoms with Gasteiger partial charge in [-0.15, -0.1) is 0 Å². The number of aliphatic hydroxyl groups is 1. The Morgan fingerprint density at radius 2 is 1.32 bits per heavy atom. The third-order valence-electron chi connectivity index (χ3n) is 4.73. The number of furan rings is 5. The van der Waals surface area contributed by atoms with E-state index in [-0.39, 0.29) is 12.4 Å². The number of rotatable bonds is 6. The molecule has 0 fully saturated rings. The van der Waals surface area contributed by atoms with E-state index in [4.69, 9.17) is 22.8 Å². The Bertz CT molecular complexity index is 1410. The molecular weight excluding hydrogens is 530 g/mol. The first kappa shape index (κ1) is 31.9. The van der Waals surface area contributed by atoms with Crippen LogP contribution < -0.4 is 0 Å². The fourth-order valence-electron chi connectivity index (χ4n) is 2.81. The number of aliphatic hydroxyl groups excluding tert-OH is 1. The molecule has 10 nitrogen and oxygen atoms in total. The van der Waals surface area contributed by atoms with Gasteiger partial charge in [-0.05, 0) is 79.7 Å². The molecule has 1 N–H and O–H groups in total. The van der Waals surface area contributed by atoms with Crippen LogP contribution in [0.2, 0.25) is 0 Å². The fourth-order valence-corrected chi connectivity index (χ4v) is 2.81. The van der Waals surface area contributed by atoms with Gasteiger partial charge in [0.1, 0.15) is 23.9 Å². The molecule has 41 heavy (non-hydrogen) atoms. The molecular formula is C31H31NO9. The normalized spacial score (nSPS) is 9.34. The minimum atomic E-state index is -0.0324. The van der Waals surface area contributed by atoms with Crippen molar-refractivity contribution in [2.24, 2.45) is 0 Å². The molecule has 0 saturated carbocycles. The highest BCUT2D eigenvalue weighted by atomic mass is 16.4. The predicted molar refractivity (Wildman–Crippen MR) is 149 cm³/mol. The van der Waals surface area contributed by atoms with Crippen molar-refractivity contribution in [2.75, 3.05) is 0 Å². The van der Waals surface area contributed by atoms with Gasteiger partial charge >= 0.3 is 0 Å². The minimum Gasteiger partial charge on any atom is -0.467 e. The lowest BCUT2D eigenvalue weighted by Gasteiger charge is -1.96. The molecule has 10 heteroatoms. The molecule has 0 aromatic carbocycles. The third-order valence-corrected chi connectivity index (χ3v) is 4.73. The van der Waals surface area contributed by atoms with Gasteiger partial charge in [-0.2, -0.15) is 0 Å². The molecule has 0 radical (unpaired) electrons. The number of hydrogen-bond donors (Lipinski definition) is 1. The monoisotopic (exact) mass is 561 g/mol. The van der Waals surface area contributed by atoms with Crippen molar-refractivity contribution in [2.45, 2.75) is 27.0 Å². The molecule has 0 spiro atoms. The van der Waals surface area contributed by atoms with E-state index < -0.39 is 0 Å². The molecule has 0 amide bonds. The summed E-state index contributed by atoms with van der Waals surface area (Å²) in [5.74, 6) is 3.52. The van der Waals surface area contributed by atoms with Crippen molar-refractivity contribution in [3.8, 4) is 0 Å². The van der Waals surface area contributed by atoms with Gasteiger partial charge in [-0.1, -0.05) is 0 Å². The number of hydrogen-bond acceptors (Lipinski definition) is 9. The molecule has 6 heterocycles. The molecule has 0 aliphatic heterocycles. The Labute approximate surface area is 236 Å². The number of carbonyl (C=O) groups is 3. The van der Waals surface area contributed by atoms with Crippen molar-refractivity contribution < 1.29 is 41.6 Å². The molecule has 0 saturated heterocycles. The van der Waals surface area contributed by atoms with E-state index in [0.717, 1.165) is 18.1 Å². The number of aryl methyl sites for hydroxylation is 1. The molecule has 214 valence electrons. The van der Waals surface area contributed by atoms with Crippen LogP contribution in [0.4, 0.5) is 0 Å². The minimum absolute atomic E-state index is 0.00694. The Morgan fingerprint density at radius 3 is 1.66 bits per heavy atom. The smallest absolute Gasteiger partial charge is 0.194 e.